The lowest BCUT2D eigenvalue weighted by Gasteiger charge is -2.31. The number of rotatable bonds is 9. The number of carbonyl (C=O) groups excluding carboxylic acids is 2. The molecule has 0 radical (unpaired) electrons. The topological polar surface area (TPSA) is 136 Å². The highest BCUT2D eigenvalue weighted by Crippen LogP contribution is 2.46. The van der Waals surface area contributed by atoms with Crippen molar-refractivity contribution >= 4 is 22.7 Å². The van der Waals surface area contributed by atoms with Crippen molar-refractivity contribution in [1.29, 1.82) is 0 Å². The van der Waals surface area contributed by atoms with Gasteiger partial charge in [-0.05, 0) is 55.8 Å². The van der Waals surface area contributed by atoms with Gasteiger partial charge in [-0.15, -0.1) is 0 Å². The first-order chi connectivity index (χ1) is 19.1. The first-order valence-corrected chi connectivity index (χ1v) is 12.8. The van der Waals surface area contributed by atoms with Crippen molar-refractivity contribution in [3.05, 3.63) is 88.7 Å². The first-order valence-electron chi connectivity index (χ1n) is 12.8. The van der Waals surface area contributed by atoms with Crippen molar-refractivity contribution < 1.29 is 43.5 Å². The summed E-state index contributed by atoms with van der Waals surface area (Å²) in [5, 5.41) is 29.1. The maximum absolute atomic E-state index is 13.6. The minimum Gasteiger partial charge on any atom is -0.496 e. The Labute approximate surface area is 230 Å². The summed E-state index contributed by atoms with van der Waals surface area (Å²) in [6, 6.07) is 17.2. The van der Waals surface area contributed by atoms with Gasteiger partial charge < -0.3 is 33.9 Å². The number of para-hydroxylation sites is 1. The number of benzene rings is 3. The smallest absolute Gasteiger partial charge is 0.315 e. The Balaban J connectivity index is 1.41. The molecule has 0 bridgehead atoms. The number of carbonyl (C=O) groups is 2. The summed E-state index contributed by atoms with van der Waals surface area (Å²) in [6.45, 7) is 3.04. The molecular formula is C31H30O9. The Hall–Kier alpha value is -4.18. The van der Waals surface area contributed by atoms with Crippen LogP contribution in [0.15, 0.2) is 65.1 Å². The Morgan fingerprint density at radius 1 is 1.00 bits per heavy atom. The molecule has 0 saturated carbocycles. The lowest BCUT2D eigenvalue weighted by atomic mass is 9.71. The predicted octanol–water partition coefficient (Wildman–Crippen LogP) is 3.55. The van der Waals surface area contributed by atoms with Gasteiger partial charge in [-0.1, -0.05) is 18.2 Å². The molecule has 208 valence electrons. The highest BCUT2D eigenvalue weighted by atomic mass is 16.5. The van der Waals surface area contributed by atoms with Gasteiger partial charge in [0.2, 0.25) is 0 Å². The molecule has 3 aromatic carbocycles. The number of hydrogen-bond donors (Lipinski definition) is 3. The van der Waals surface area contributed by atoms with Gasteiger partial charge >= 0.3 is 5.97 Å². The summed E-state index contributed by atoms with van der Waals surface area (Å²) < 4.78 is 22.7. The third-order valence-electron chi connectivity index (χ3n) is 7.18. The lowest BCUT2D eigenvalue weighted by molar-refractivity contribution is -0.133. The molecule has 0 spiro atoms. The standard InChI is InChI=1S/C31H30O9/c1-31(2)22-13-18(38-16-24(34)23(33)15-32)8-10-20(22)29(36)28-21-11-9-19(14-26(21)40-30(28)31)39-27(35)12-17-6-4-5-7-25(17)37-3/h4-11,13-14,23-24,32-34H,12,15-16H2,1-3H3/t23-,24-/m1/s1. The zero-order chi connectivity index (χ0) is 28.6. The van der Waals surface area contributed by atoms with E-state index in [9.17, 15) is 19.8 Å². The van der Waals surface area contributed by atoms with Crippen LogP contribution in [0.25, 0.3) is 11.0 Å². The van der Waals surface area contributed by atoms with E-state index in [1.54, 1.807) is 55.6 Å². The fourth-order valence-electron chi connectivity index (χ4n) is 4.98. The fraction of sp³-hybridized carbons (Fsp3) is 0.290. The van der Waals surface area contributed by atoms with Crippen molar-refractivity contribution in [1.82, 2.24) is 0 Å². The lowest BCUT2D eigenvalue weighted by Crippen LogP contribution is -2.34. The molecule has 1 aliphatic rings. The second-order valence-electron chi connectivity index (χ2n) is 10.2. The third kappa shape index (κ3) is 4.95. The number of aliphatic hydroxyl groups is 3. The normalized spacial score (nSPS) is 15.2. The predicted molar refractivity (Wildman–Crippen MR) is 145 cm³/mol. The van der Waals surface area contributed by atoms with Crippen molar-refractivity contribution in [2.45, 2.75) is 37.9 Å². The molecule has 3 N–H and O–H groups in total. The van der Waals surface area contributed by atoms with E-state index in [1.165, 1.54) is 0 Å². The maximum atomic E-state index is 13.6. The van der Waals surface area contributed by atoms with Crippen LogP contribution < -0.4 is 14.2 Å². The summed E-state index contributed by atoms with van der Waals surface area (Å²) >= 11 is 0. The van der Waals surface area contributed by atoms with Gasteiger partial charge in [-0.3, -0.25) is 9.59 Å². The van der Waals surface area contributed by atoms with Gasteiger partial charge in [0.1, 0.15) is 47.4 Å². The number of esters is 1. The third-order valence-corrected chi connectivity index (χ3v) is 7.18. The second kappa shape index (κ2) is 10.8. The summed E-state index contributed by atoms with van der Waals surface area (Å²) in [7, 11) is 1.54. The van der Waals surface area contributed by atoms with E-state index in [-0.39, 0.29) is 18.8 Å². The van der Waals surface area contributed by atoms with Crippen molar-refractivity contribution in [3.63, 3.8) is 0 Å². The SMILES string of the molecule is COc1ccccc1CC(=O)Oc1ccc2c3c(oc2c1)C(C)(C)c1cc(OC[C@@H](O)[C@H](O)CO)ccc1C3=O. The zero-order valence-corrected chi connectivity index (χ0v) is 22.3. The van der Waals surface area contributed by atoms with Crippen LogP contribution in [0.4, 0.5) is 0 Å². The number of hydrogen-bond acceptors (Lipinski definition) is 9. The average molecular weight is 547 g/mol. The molecule has 4 aromatic rings. The van der Waals surface area contributed by atoms with Crippen LogP contribution in [-0.4, -0.2) is 59.6 Å². The van der Waals surface area contributed by atoms with Crippen LogP contribution in [0.1, 0.15) is 46.7 Å². The van der Waals surface area contributed by atoms with Crippen LogP contribution in [0.5, 0.6) is 17.2 Å². The van der Waals surface area contributed by atoms with Crippen LogP contribution >= 0.6 is 0 Å². The van der Waals surface area contributed by atoms with E-state index in [0.29, 0.717) is 56.2 Å². The molecule has 1 aliphatic carbocycles. The molecule has 2 atom stereocenters. The monoisotopic (exact) mass is 546 g/mol. The summed E-state index contributed by atoms with van der Waals surface area (Å²) in [5.74, 6) is 1.10. The van der Waals surface area contributed by atoms with Crippen molar-refractivity contribution in [3.8, 4) is 17.2 Å². The highest BCUT2D eigenvalue weighted by molar-refractivity contribution is 6.19. The van der Waals surface area contributed by atoms with E-state index in [0.717, 1.165) is 0 Å². The molecule has 9 heteroatoms. The molecule has 0 amide bonds. The van der Waals surface area contributed by atoms with E-state index in [4.69, 9.17) is 23.7 Å². The van der Waals surface area contributed by atoms with Gasteiger partial charge in [-0.25, -0.2) is 0 Å². The van der Waals surface area contributed by atoms with Crippen LogP contribution in [0.2, 0.25) is 0 Å². The van der Waals surface area contributed by atoms with Gasteiger partial charge in [0.15, 0.2) is 5.78 Å². The highest BCUT2D eigenvalue weighted by Gasteiger charge is 2.42. The molecule has 9 nitrogen and oxygen atoms in total. The van der Waals surface area contributed by atoms with Crippen LogP contribution in [0, 0.1) is 0 Å². The minimum atomic E-state index is -1.32. The Bertz CT molecular complexity index is 1580. The largest absolute Gasteiger partial charge is 0.496 e. The van der Waals surface area contributed by atoms with Gasteiger partial charge in [0.05, 0.1) is 25.7 Å². The molecule has 1 heterocycles. The number of fused-ring (bicyclic) bond motifs is 4. The molecule has 0 unspecified atom stereocenters. The van der Waals surface area contributed by atoms with Crippen molar-refractivity contribution in [2.75, 3.05) is 20.3 Å². The zero-order valence-electron chi connectivity index (χ0n) is 22.3. The number of methoxy groups -OCH3 is 1. The molecular weight excluding hydrogens is 516 g/mol. The van der Waals surface area contributed by atoms with Crippen LogP contribution in [-0.2, 0) is 16.6 Å². The Morgan fingerprint density at radius 3 is 2.50 bits per heavy atom. The van der Waals surface area contributed by atoms with E-state index < -0.39 is 30.2 Å². The molecule has 0 fully saturated rings. The summed E-state index contributed by atoms with van der Waals surface area (Å²) in [5.41, 5.74) is 2.03. The molecule has 1 aromatic heterocycles. The molecule has 5 rings (SSSR count). The molecule has 40 heavy (non-hydrogen) atoms. The van der Waals surface area contributed by atoms with E-state index in [1.807, 2.05) is 26.0 Å². The fourth-order valence-corrected chi connectivity index (χ4v) is 4.98. The Morgan fingerprint density at radius 2 is 1.75 bits per heavy atom. The van der Waals surface area contributed by atoms with Crippen LogP contribution in [0.3, 0.4) is 0 Å². The summed E-state index contributed by atoms with van der Waals surface area (Å²) in [4.78, 5) is 26.3. The second-order valence-corrected chi connectivity index (χ2v) is 10.2. The molecule has 0 aliphatic heterocycles. The Kier molecular flexibility index (Phi) is 7.37. The number of furan rings is 1. The number of ketones is 1. The average Bonchev–Trinajstić information content (AvgIpc) is 3.34. The van der Waals surface area contributed by atoms with Gasteiger partial charge in [-0.2, -0.15) is 0 Å². The maximum Gasteiger partial charge on any atom is 0.315 e. The van der Waals surface area contributed by atoms with E-state index >= 15 is 0 Å². The van der Waals surface area contributed by atoms with Crippen molar-refractivity contribution in [2.24, 2.45) is 0 Å². The summed E-state index contributed by atoms with van der Waals surface area (Å²) in [6.07, 6.45) is -2.56. The first kappa shape index (κ1) is 27.4. The number of aliphatic hydroxyl groups excluding tert-OH is 3. The van der Waals surface area contributed by atoms with Gasteiger partial charge in [0.25, 0.3) is 0 Å². The minimum absolute atomic E-state index is 0.0257. The number of ether oxygens (including phenoxy) is 3. The molecule has 0 saturated heterocycles. The van der Waals surface area contributed by atoms with E-state index in [2.05, 4.69) is 0 Å². The van der Waals surface area contributed by atoms with Gasteiger partial charge in [0, 0.05) is 28.0 Å². The quantitative estimate of drug-likeness (QED) is 0.213.